The Morgan fingerprint density at radius 3 is 2.80 bits per heavy atom. The third-order valence-corrected chi connectivity index (χ3v) is 5.70. The largest absolute Gasteiger partial charge is 0.376 e. The van der Waals surface area contributed by atoms with E-state index in [1.54, 1.807) is 17.1 Å². The molecule has 0 unspecified atom stereocenters. The van der Waals surface area contributed by atoms with Crippen molar-refractivity contribution < 1.29 is 19.0 Å². The lowest BCUT2D eigenvalue weighted by molar-refractivity contribution is -0.120. The Hall–Kier alpha value is -2.30. The molecule has 164 valence electrons. The number of piperidine rings is 1. The van der Waals surface area contributed by atoms with E-state index in [0.717, 1.165) is 24.2 Å². The van der Waals surface area contributed by atoms with Gasteiger partial charge in [-0.2, -0.15) is 5.10 Å². The predicted octanol–water partition coefficient (Wildman–Crippen LogP) is 1.16. The van der Waals surface area contributed by atoms with Crippen LogP contribution in [0.2, 0.25) is 0 Å². The molecule has 2 aromatic heterocycles. The van der Waals surface area contributed by atoms with Gasteiger partial charge in [0.15, 0.2) is 0 Å². The van der Waals surface area contributed by atoms with Crippen LogP contribution in [0.5, 0.6) is 0 Å². The van der Waals surface area contributed by atoms with Gasteiger partial charge in [0.1, 0.15) is 5.69 Å². The second-order valence-corrected chi connectivity index (χ2v) is 8.28. The number of ether oxygens (including phenoxy) is 3. The van der Waals surface area contributed by atoms with Gasteiger partial charge < -0.3 is 19.1 Å². The van der Waals surface area contributed by atoms with E-state index in [-0.39, 0.29) is 17.6 Å². The van der Waals surface area contributed by atoms with E-state index in [2.05, 4.69) is 15.4 Å². The number of hydrogen-bond acceptors (Lipinski definition) is 7. The molecule has 30 heavy (non-hydrogen) atoms. The highest BCUT2D eigenvalue weighted by atomic mass is 16.5. The Morgan fingerprint density at radius 2 is 2.10 bits per heavy atom. The van der Waals surface area contributed by atoms with E-state index in [0.29, 0.717) is 51.6 Å². The number of hydrogen-bond donors (Lipinski definition) is 0. The van der Waals surface area contributed by atoms with Gasteiger partial charge in [0.05, 0.1) is 62.1 Å². The Bertz CT molecular complexity index is 869. The van der Waals surface area contributed by atoms with Crippen LogP contribution in [0.25, 0.3) is 0 Å². The minimum absolute atomic E-state index is 0.0242. The van der Waals surface area contributed by atoms with Crippen molar-refractivity contribution in [2.45, 2.75) is 58.2 Å². The Labute approximate surface area is 176 Å². The minimum Gasteiger partial charge on any atom is -0.376 e. The molecule has 1 amide bonds. The maximum absolute atomic E-state index is 12.7. The summed E-state index contributed by atoms with van der Waals surface area (Å²) in [6.07, 6.45) is 5.12. The fraction of sp³-hybridized carbons (Fsp3) is 0.700. The Kier molecular flexibility index (Phi) is 6.16. The molecule has 1 saturated heterocycles. The number of likely N-dealkylation sites (tertiary alicyclic amines) is 1. The van der Waals surface area contributed by atoms with Gasteiger partial charge in [-0.3, -0.25) is 9.48 Å². The van der Waals surface area contributed by atoms with Gasteiger partial charge in [0.2, 0.25) is 0 Å². The first-order valence-electron chi connectivity index (χ1n) is 10.5. The van der Waals surface area contributed by atoms with Crippen molar-refractivity contribution in [3.63, 3.8) is 0 Å². The first kappa shape index (κ1) is 21.0. The lowest BCUT2D eigenvalue weighted by Crippen LogP contribution is -2.52. The summed E-state index contributed by atoms with van der Waals surface area (Å²) in [7, 11) is 1.81. The molecule has 0 aliphatic carbocycles. The smallest absolute Gasteiger partial charge is 0.257 e. The predicted molar refractivity (Wildman–Crippen MR) is 107 cm³/mol. The quantitative estimate of drug-likeness (QED) is 0.623. The van der Waals surface area contributed by atoms with Crippen LogP contribution < -0.4 is 0 Å². The molecule has 10 heteroatoms. The van der Waals surface area contributed by atoms with Gasteiger partial charge >= 0.3 is 0 Å². The Balaban J connectivity index is 1.30. The van der Waals surface area contributed by atoms with Crippen molar-refractivity contribution in [1.82, 2.24) is 29.7 Å². The highest BCUT2D eigenvalue weighted by molar-refractivity contribution is 5.93. The molecule has 0 aromatic carbocycles. The van der Waals surface area contributed by atoms with Crippen molar-refractivity contribution in [2.75, 3.05) is 26.3 Å². The normalized spacial score (nSPS) is 18.2. The maximum Gasteiger partial charge on any atom is 0.257 e. The van der Waals surface area contributed by atoms with Crippen LogP contribution in [0, 0.1) is 0 Å². The first-order valence-corrected chi connectivity index (χ1v) is 10.5. The highest BCUT2D eigenvalue weighted by Crippen LogP contribution is 2.34. The van der Waals surface area contributed by atoms with Crippen LogP contribution in [0.15, 0.2) is 12.4 Å². The monoisotopic (exact) mass is 418 g/mol. The summed E-state index contributed by atoms with van der Waals surface area (Å²) in [5.41, 5.74) is 2.12. The number of nitrogens with zero attached hydrogens (tertiary/aromatic N) is 6. The fourth-order valence-corrected chi connectivity index (χ4v) is 3.95. The van der Waals surface area contributed by atoms with Crippen molar-refractivity contribution in [1.29, 1.82) is 0 Å². The van der Waals surface area contributed by atoms with Crippen LogP contribution in [0.1, 0.15) is 48.4 Å². The molecule has 4 heterocycles. The van der Waals surface area contributed by atoms with Crippen molar-refractivity contribution >= 4 is 5.91 Å². The summed E-state index contributed by atoms with van der Waals surface area (Å²) in [6.45, 7) is 7.93. The summed E-state index contributed by atoms with van der Waals surface area (Å²) in [6, 6.07) is 0. The van der Waals surface area contributed by atoms with E-state index >= 15 is 0 Å². The molecule has 0 saturated carbocycles. The number of carbonyl (C=O) groups excluding carboxylic acids is 1. The summed E-state index contributed by atoms with van der Waals surface area (Å²) in [4.78, 5) is 14.5. The zero-order valence-electron chi connectivity index (χ0n) is 17.9. The van der Waals surface area contributed by atoms with Gasteiger partial charge in [-0.25, -0.2) is 4.68 Å². The van der Waals surface area contributed by atoms with Gasteiger partial charge in [-0.05, 0) is 26.7 Å². The zero-order chi connectivity index (χ0) is 21.1. The maximum atomic E-state index is 12.7. The van der Waals surface area contributed by atoms with Gasteiger partial charge in [-0.15, -0.1) is 5.10 Å². The van der Waals surface area contributed by atoms with Crippen LogP contribution in [-0.4, -0.2) is 73.6 Å². The minimum atomic E-state index is -0.296. The number of aromatic nitrogens is 5. The molecule has 2 aliphatic rings. The fourth-order valence-electron chi connectivity index (χ4n) is 3.95. The summed E-state index contributed by atoms with van der Waals surface area (Å²) in [5, 5.41) is 12.7. The van der Waals surface area contributed by atoms with Crippen LogP contribution in [0.3, 0.4) is 0 Å². The molecule has 1 spiro atoms. The van der Waals surface area contributed by atoms with Crippen molar-refractivity contribution in [3.05, 3.63) is 29.3 Å². The van der Waals surface area contributed by atoms with E-state index in [1.165, 1.54) is 0 Å². The van der Waals surface area contributed by atoms with Crippen molar-refractivity contribution in [3.8, 4) is 0 Å². The molecule has 0 N–H and O–H groups in total. The van der Waals surface area contributed by atoms with Gasteiger partial charge in [-0.1, -0.05) is 5.21 Å². The van der Waals surface area contributed by atoms with Crippen LogP contribution in [0.4, 0.5) is 0 Å². The molecule has 0 bridgehead atoms. The summed E-state index contributed by atoms with van der Waals surface area (Å²) >= 11 is 0. The molecule has 0 atom stereocenters. The van der Waals surface area contributed by atoms with E-state index in [4.69, 9.17) is 14.2 Å². The highest BCUT2D eigenvalue weighted by Gasteiger charge is 2.41. The second kappa shape index (κ2) is 8.83. The number of amides is 1. The summed E-state index contributed by atoms with van der Waals surface area (Å²) in [5.74, 6) is 0.0242. The lowest BCUT2D eigenvalue weighted by atomic mass is 9.89. The lowest BCUT2D eigenvalue weighted by Gasteiger charge is -2.43. The van der Waals surface area contributed by atoms with Gasteiger partial charge in [0.25, 0.3) is 5.91 Å². The van der Waals surface area contributed by atoms with E-state index in [9.17, 15) is 4.79 Å². The molecular formula is C20H30N6O4. The first-order chi connectivity index (χ1) is 14.5. The molecule has 2 aliphatic heterocycles. The standard InChI is InChI=1S/C20H30N6O4/c1-15(2)29-9-8-28-12-17-18-13-30-20(14-26(18)23-22-17)4-6-25(7-5-20)19(27)16-10-21-24(3)11-16/h10-11,15H,4-9,12-14H2,1-3H3. The molecule has 10 nitrogen and oxygen atoms in total. The number of rotatable bonds is 7. The molecule has 4 rings (SSSR count). The topological polar surface area (TPSA) is 96.5 Å². The van der Waals surface area contributed by atoms with E-state index in [1.807, 2.05) is 30.5 Å². The number of fused-ring (bicyclic) bond motifs is 1. The summed E-state index contributed by atoms with van der Waals surface area (Å²) < 4.78 is 21.0. The third-order valence-electron chi connectivity index (χ3n) is 5.70. The van der Waals surface area contributed by atoms with Crippen molar-refractivity contribution in [2.24, 2.45) is 7.05 Å². The average Bonchev–Trinajstić information content (AvgIpc) is 3.33. The van der Waals surface area contributed by atoms with E-state index < -0.39 is 0 Å². The zero-order valence-corrected chi connectivity index (χ0v) is 17.9. The molecule has 0 radical (unpaired) electrons. The SMILES string of the molecule is CC(C)OCCOCc1nnn2c1COC1(CCN(C(=O)c3cnn(C)c3)CC1)C2. The Morgan fingerprint density at radius 1 is 1.30 bits per heavy atom. The third kappa shape index (κ3) is 4.55. The second-order valence-electron chi connectivity index (χ2n) is 8.28. The van der Waals surface area contributed by atoms with Crippen LogP contribution in [-0.2, 0) is 41.0 Å². The molecular weight excluding hydrogens is 388 g/mol. The van der Waals surface area contributed by atoms with Crippen LogP contribution >= 0.6 is 0 Å². The number of aryl methyl sites for hydroxylation is 1. The molecule has 1 fully saturated rings. The molecule has 2 aromatic rings. The average molecular weight is 418 g/mol. The van der Waals surface area contributed by atoms with Gasteiger partial charge in [0, 0.05) is 26.3 Å². The number of carbonyl (C=O) groups is 1.